The van der Waals surface area contributed by atoms with Gasteiger partial charge in [0.1, 0.15) is 17.6 Å². The van der Waals surface area contributed by atoms with Gasteiger partial charge in [-0.05, 0) is 68.6 Å². The molecule has 0 unspecified atom stereocenters. The van der Waals surface area contributed by atoms with Gasteiger partial charge in [0, 0.05) is 42.0 Å². The number of fused-ring (bicyclic) bond motifs is 1. The third kappa shape index (κ3) is 4.13. The predicted octanol–water partition coefficient (Wildman–Crippen LogP) is 4.66. The van der Waals surface area contributed by atoms with E-state index in [-0.39, 0.29) is 28.4 Å². The molecule has 2 aromatic carbocycles. The Morgan fingerprint density at radius 1 is 1.05 bits per heavy atom. The molecule has 0 amide bonds. The van der Waals surface area contributed by atoms with Gasteiger partial charge >= 0.3 is 0 Å². The summed E-state index contributed by atoms with van der Waals surface area (Å²) in [4.78, 5) is 9.54. The van der Waals surface area contributed by atoms with Crippen LogP contribution in [0.2, 0.25) is 0 Å². The fourth-order valence-corrected chi connectivity index (χ4v) is 5.81. The van der Waals surface area contributed by atoms with Crippen LogP contribution in [0.5, 0.6) is 5.75 Å². The van der Waals surface area contributed by atoms with Crippen molar-refractivity contribution in [3.63, 3.8) is 0 Å². The summed E-state index contributed by atoms with van der Waals surface area (Å²) < 4.78 is 14.8. The molecule has 8 nitrogen and oxygen atoms in total. The average Bonchev–Trinajstić information content (AvgIpc) is 3.58. The highest BCUT2D eigenvalue weighted by molar-refractivity contribution is 6.04. The molecule has 0 bridgehead atoms. The number of hydrogen-bond donors (Lipinski definition) is 3. The van der Waals surface area contributed by atoms with E-state index >= 15 is 0 Å². The normalized spacial score (nSPS) is 16.9. The standard InChI is InChI=1S/C28H28FN7O/c29-23-15-20(37)7-8-21(23)26-22(16-30)24(25-27(31)33-34-28(25)32-26)17-3-5-18(6-4-17)36-13-9-19(10-14-36)35-11-1-2-12-35/h3-8,15,19,37H,1-2,9-14H2,(H3,31,32,33,34). The minimum Gasteiger partial charge on any atom is -0.508 e. The Labute approximate surface area is 214 Å². The van der Waals surface area contributed by atoms with Crippen LogP contribution in [-0.4, -0.2) is 57.4 Å². The van der Waals surface area contributed by atoms with E-state index in [4.69, 9.17) is 5.73 Å². The quantitative estimate of drug-likeness (QED) is 0.375. The van der Waals surface area contributed by atoms with Gasteiger partial charge in [-0.25, -0.2) is 9.37 Å². The van der Waals surface area contributed by atoms with Crippen molar-refractivity contribution >= 4 is 22.5 Å². The van der Waals surface area contributed by atoms with Gasteiger partial charge in [0.25, 0.3) is 0 Å². The van der Waals surface area contributed by atoms with Crippen LogP contribution < -0.4 is 10.6 Å². The third-order valence-corrected chi connectivity index (χ3v) is 7.70. The molecule has 188 valence electrons. The number of nitrogens with two attached hydrogens (primary N) is 1. The number of rotatable bonds is 4. The summed E-state index contributed by atoms with van der Waals surface area (Å²) in [5.74, 6) is -0.652. The lowest BCUT2D eigenvalue weighted by Crippen LogP contribution is -2.43. The molecule has 37 heavy (non-hydrogen) atoms. The summed E-state index contributed by atoms with van der Waals surface area (Å²) in [7, 11) is 0. The highest BCUT2D eigenvalue weighted by Crippen LogP contribution is 2.40. The molecular formula is C28H28FN7O. The van der Waals surface area contributed by atoms with Crippen LogP contribution in [0.15, 0.2) is 42.5 Å². The van der Waals surface area contributed by atoms with E-state index < -0.39 is 5.82 Å². The Hall–Kier alpha value is -4.16. The second-order valence-electron chi connectivity index (χ2n) is 9.83. The molecule has 9 heteroatoms. The lowest BCUT2D eigenvalue weighted by atomic mass is 9.93. The largest absolute Gasteiger partial charge is 0.508 e. The molecule has 0 aliphatic carbocycles. The molecule has 2 aliphatic heterocycles. The van der Waals surface area contributed by atoms with Gasteiger partial charge < -0.3 is 20.6 Å². The number of aromatic nitrogens is 3. The number of piperidine rings is 1. The van der Waals surface area contributed by atoms with Crippen molar-refractivity contribution in [1.29, 1.82) is 5.26 Å². The molecule has 0 saturated carbocycles. The first-order valence-electron chi connectivity index (χ1n) is 12.7. The molecule has 6 rings (SSSR count). The molecule has 2 saturated heterocycles. The number of nitrogens with one attached hydrogen (secondary N) is 1. The van der Waals surface area contributed by atoms with Crippen LogP contribution in [0, 0.1) is 17.1 Å². The summed E-state index contributed by atoms with van der Waals surface area (Å²) in [6, 6.07) is 14.8. The second-order valence-corrected chi connectivity index (χ2v) is 9.83. The number of nitrogens with zero attached hydrogens (tertiary/aromatic N) is 5. The van der Waals surface area contributed by atoms with Crippen LogP contribution in [-0.2, 0) is 0 Å². The number of phenols is 1. The van der Waals surface area contributed by atoms with Crippen molar-refractivity contribution in [3.05, 3.63) is 53.8 Å². The zero-order valence-corrected chi connectivity index (χ0v) is 20.4. The summed E-state index contributed by atoms with van der Waals surface area (Å²) in [5, 5.41) is 27.3. The zero-order chi connectivity index (χ0) is 25.5. The molecule has 0 spiro atoms. The summed E-state index contributed by atoms with van der Waals surface area (Å²) in [6.45, 7) is 4.49. The van der Waals surface area contributed by atoms with Gasteiger partial charge in [-0.1, -0.05) is 12.1 Å². The summed E-state index contributed by atoms with van der Waals surface area (Å²) >= 11 is 0. The van der Waals surface area contributed by atoms with Crippen molar-refractivity contribution in [1.82, 2.24) is 20.1 Å². The predicted molar refractivity (Wildman–Crippen MR) is 142 cm³/mol. The Balaban J connectivity index is 1.37. The molecule has 2 aromatic heterocycles. The number of aromatic amines is 1. The van der Waals surface area contributed by atoms with Gasteiger partial charge in [-0.15, -0.1) is 0 Å². The number of benzene rings is 2. The van der Waals surface area contributed by atoms with Gasteiger partial charge in [-0.3, -0.25) is 5.10 Å². The lowest BCUT2D eigenvalue weighted by molar-refractivity contribution is 0.208. The van der Waals surface area contributed by atoms with Crippen LogP contribution in [0.1, 0.15) is 31.2 Å². The molecule has 4 aromatic rings. The molecule has 2 fully saturated rings. The molecular weight excluding hydrogens is 469 g/mol. The SMILES string of the molecule is N#Cc1c(-c2ccc(O)cc2F)nc2[nH]nc(N)c2c1-c1ccc(N2CCC(N3CCCC3)CC2)cc1. The molecule has 4 heterocycles. The molecule has 0 radical (unpaired) electrons. The van der Waals surface area contributed by atoms with E-state index in [1.807, 2.05) is 12.1 Å². The maximum atomic E-state index is 14.8. The van der Waals surface area contributed by atoms with E-state index in [9.17, 15) is 14.8 Å². The van der Waals surface area contributed by atoms with E-state index in [0.717, 1.165) is 30.4 Å². The van der Waals surface area contributed by atoms with Gasteiger partial charge in [0.05, 0.1) is 16.6 Å². The van der Waals surface area contributed by atoms with Gasteiger partial charge in [-0.2, -0.15) is 10.4 Å². The first-order chi connectivity index (χ1) is 18.0. The van der Waals surface area contributed by atoms with Crippen molar-refractivity contribution in [2.24, 2.45) is 0 Å². The molecule has 0 atom stereocenters. The highest BCUT2D eigenvalue weighted by Gasteiger charge is 2.27. The van der Waals surface area contributed by atoms with Crippen LogP contribution in [0.25, 0.3) is 33.4 Å². The zero-order valence-electron chi connectivity index (χ0n) is 20.4. The number of hydrogen-bond acceptors (Lipinski definition) is 7. The maximum absolute atomic E-state index is 14.8. The van der Waals surface area contributed by atoms with E-state index in [2.05, 4.69) is 43.2 Å². The second kappa shape index (κ2) is 9.37. The number of nitrogen functional groups attached to an aromatic ring is 1. The number of halogens is 1. The lowest BCUT2D eigenvalue weighted by Gasteiger charge is -2.37. The monoisotopic (exact) mass is 497 g/mol. The summed E-state index contributed by atoms with van der Waals surface area (Å²) in [5.41, 5.74) is 9.48. The number of nitriles is 1. The van der Waals surface area contributed by atoms with Crippen molar-refractivity contribution in [2.75, 3.05) is 36.8 Å². The number of H-pyrrole nitrogens is 1. The third-order valence-electron chi connectivity index (χ3n) is 7.70. The average molecular weight is 498 g/mol. The van der Waals surface area contributed by atoms with Crippen LogP contribution in [0.3, 0.4) is 0 Å². The number of pyridine rings is 1. The minimum absolute atomic E-state index is 0.114. The first kappa shape index (κ1) is 23.3. The summed E-state index contributed by atoms with van der Waals surface area (Å²) in [6.07, 6.45) is 4.96. The fourth-order valence-electron chi connectivity index (χ4n) is 5.81. The molecule has 4 N–H and O–H groups in total. The Morgan fingerprint density at radius 3 is 2.46 bits per heavy atom. The Bertz CT molecular complexity index is 1490. The Morgan fingerprint density at radius 2 is 1.78 bits per heavy atom. The molecule has 2 aliphatic rings. The van der Waals surface area contributed by atoms with Gasteiger partial charge in [0.2, 0.25) is 0 Å². The number of aromatic hydroxyl groups is 1. The maximum Gasteiger partial charge on any atom is 0.158 e. The van der Waals surface area contributed by atoms with E-state index in [1.54, 1.807) is 0 Å². The van der Waals surface area contributed by atoms with Crippen LogP contribution >= 0.6 is 0 Å². The van der Waals surface area contributed by atoms with Crippen molar-refractivity contribution in [3.8, 4) is 34.2 Å². The van der Waals surface area contributed by atoms with E-state index in [0.29, 0.717) is 22.6 Å². The first-order valence-corrected chi connectivity index (χ1v) is 12.7. The number of phenolic OH excluding ortho intramolecular Hbond substituents is 1. The topological polar surface area (TPSA) is 118 Å². The van der Waals surface area contributed by atoms with E-state index in [1.165, 1.54) is 50.9 Å². The smallest absolute Gasteiger partial charge is 0.158 e. The Kier molecular flexibility index (Phi) is 5.89. The highest BCUT2D eigenvalue weighted by atomic mass is 19.1. The van der Waals surface area contributed by atoms with Crippen LogP contribution in [0.4, 0.5) is 15.9 Å². The van der Waals surface area contributed by atoms with Gasteiger partial charge in [0.15, 0.2) is 11.5 Å². The van der Waals surface area contributed by atoms with Crippen molar-refractivity contribution in [2.45, 2.75) is 31.7 Å². The minimum atomic E-state index is -0.672. The number of likely N-dealkylation sites (tertiary alicyclic amines) is 1. The van der Waals surface area contributed by atoms with Crippen molar-refractivity contribution < 1.29 is 9.50 Å². The number of anilines is 2. The fraction of sp³-hybridized carbons (Fsp3) is 0.321.